The van der Waals surface area contributed by atoms with Crippen molar-refractivity contribution in [3.8, 4) is 0 Å². The average Bonchev–Trinajstić information content (AvgIpc) is 2.39. The Morgan fingerprint density at radius 2 is 2.37 bits per heavy atom. The van der Waals surface area contributed by atoms with E-state index in [1.165, 1.54) is 0 Å². The Bertz CT molecular complexity index is 433. The highest BCUT2D eigenvalue weighted by Gasteiger charge is 2.19. The minimum absolute atomic E-state index is 0.0676. The molecule has 0 aliphatic carbocycles. The van der Waals surface area contributed by atoms with Gasteiger partial charge >= 0.3 is 0 Å². The summed E-state index contributed by atoms with van der Waals surface area (Å²) < 4.78 is 0. The van der Waals surface area contributed by atoms with Gasteiger partial charge in [-0.2, -0.15) is 0 Å². The molecule has 2 rings (SSSR count). The lowest BCUT2D eigenvalue weighted by molar-refractivity contribution is -0.120. The summed E-state index contributed by atoms with van der Waals surface area (Å²) in [5.74, 6) is 1.62. The molecule has 0 spiro atoms. The average molecular weight is 262 g/mol. The molecule has 0 atom stereocenters. The molecule has 1 aliphatic rings. The number of aromatic nitrogens is 1. The molecule has 5 nitrogen and oxygen atoms in total. The number of carbonyl (C=O) groups excluding carboxylic acids is 1. The number of rotatable bonds is 5. The Hall–Kier alpha value is -1.62. The zero-order chi connectivity index (χ0) is 13.7. The van der Waals surface area contributed by atoms with Gasteiger partial charge in [0.15, 0.2) is 0 Å². The molecule has 2 heterocycles. The van der Waals surface area contributed by atoms with E-state index in [-0.39, 0.29) is 5.91 Å². The number of pyridine rings is 1. The first-order valence-corrected chi connectivity index (χ1v) is 6.83. The molecule has 104 valence electrons. The molecule has 0 saturated carbocycles. The summed E-state index contributed by atoms with van der Waals surface area (Å²) in [6.45, 7) is 8.05. The zero-order valence-corrected chi connectivity index (χ0v) is 11.6. The van der Waals surface area contributed by atoms with Gasteiger partial charge in [-0.3, -0.25) is 4.79 Å². The van der Waals surface area contributed by atoms with Crippen molar-refractivity contribution in [3.63, 3.8) is 0 Å². The third-order valence-corrected chi connectivity index (χ3v) is 3.07. The molecule has 5 heteroatoms. The number of piperazine rings is 1. The highest BCUT2D eigenvalue weighted by atomic mass is 16.2. The fraction of sp³-hybridized carbons (Fsp3) is 0.571. The Morgan fingerprint density at radius 3 is 3.11 bits per heavy atom. The maximum Gasteiger partial charge on any atom is 0.239 e. The summed E-state index contributed by atoms with van der Waals surface area (Å²) in [4.78, 5) is 18.0. The van der Waals surface area contributed by atoms with E-state index in [1.54, 1.807) is 6.20 Å². The Morgan fingerprint density at radius 1 is 1.53 bits per heavy atom. The van der Waals surface area contributed by atoms with E-state index < -0.39 is 0 Å². The van der Waals surface area contributed by atoms with Crippen LogP contribution in [-0.2, 0) is 11.3 Å². The van der Waals surface area contributed by atoms with Crippen LogP contribution in [0.15, 0.2) is 18.3 Å². The molecule has 1 fully saturated rings. The largest absolute Gasteiger partial charge is 0.353 e. The molecule has 0 unspecified atom stereocenters. The van der Waals surface area contributed by atoms with Crippen LogP contribution >= 0.6 is 0 Å². The second kappa shape index (κ2) is 6.52. The van der Waals surface area contributed by atoms with Crippen molar-refractivity contribution in [2.24, 2.45) is 5.92 Å². The van der Waals surface area contributed by atoms with Crippen LogP contribution < -0.4 is 15.5 Å². The topological polar surface area (TPSA) is 57.3 Å². The number of amides is 1. The molecule has 1 aromatic heterocycles. The lowest BCUT2D eigenvalue weighted by Gasteiger charge is -2.29. The van der Waals surface area contributed by atoms with E-state index in [9.17, 15) is 4.79 Å². The van der Waals surface area contributed by atoms with Crippen molar-refractivity contribution in [2.75, 3.05) is 31.1 Å². The van der Waals surface area contributed by atoms with Crippen LogP contribution in [0, 0.1) is 5.92 Å². The summed E-state index contributed by atoms with van der Waals surface area (Å²) in [6.07, 6.45) is 1.79. The third-order valence-electron chi connectivity index (χ3n) is 3.07. The van der Waals surface area contributed by atoms with Gasteiger partial charge in [-0.25, -0.2) is 4.98 Å². The van der Waals surface area contributed by atoms with Crippen LogP contribution in [0.25, 0.3) is 0 Å². The van der Waals surface area contributed by atoms with Crippen LogP contribution in [0.3, 0.4) is 0 Å². The molecular weight excluding hydrogens is 240 g/mol. The lowest BCUT2D eigenvalue weighted by atomic mass is 10.2. The fourth-order valence-electron chi connectivity index (χ4n) is 2.17. The molecule has 0 radical (unpaired) electrons. The van der Waals surface area contributed by atoms with Gasteiger partial charge in [0.05, 0.1) is 6.54 Å². The molecule has 0 bridgehead atoms. The summed E-state index contributed by atoms with van der Waals surface area (Å²) in [7, 11) is 0. The third kappa shape index (κ3) is 3.92. The van der Waals surface area contributed by atoms with Gasteiger partial charge in [-0.05, 0) is 18.5 Å². The minimum Gasteiger partial charge on any atom is -0.353 e. The summed E-state index contributed by atoms with van der Waals surface area (Å²) in [5, 5.41) is 6.26. The van der Waals surface area contributed by atoms with Crippen molar-refractivity contribution < 1.29 is 4.79 Å². The molecule has 1 aromatic rings. The fourth-order valence-corrected chi connectivity index (χ4v) is 2.17. The number of nitrogens with zero attached hydrogens (tertiary/aromatic N) is 2. The van der Waals surface area contributed by atoms with Gasteiger partial charge < -0.3 is 15.5 Å². The zero-order valence-electron chi connectivity index (χ0n) is 11.6. The van der Waals surface area contributed by atoms with Crippen molar-refractivity contribution >= 4 is 11.7 Å². The number of hydrogen-bond acceptors (Lipinski definition) is 4. The van der Waals surface area contributed by atoms with Gasteiger partial charge in [-0.1, -0.05) is 19.9 Å². The molecule has 1 saturated heterocycles. The van der Waals surface area contributed by atoms with E-state index in [1.807, 2.05) is 11.0 Å². The summed E-state index contributed by atoms with van der Waals surface area (Å²) in [5.41, 5.74) is 1.15. The molecule has 0 aromatic carbocycles. The maximum atomic E-state index is 11.5. The standard InChI is InChI=1S/C14H22N4O/c1-11(2)8-15-9-12-4-3-5-17-14(12)18-7-6-16-13(19)10-18/h3-5,11,15H,6-10H2,1-2H3,(H,16,19). The van der Waals surface area contributed by atoms with Gasteiger partial charge in [-0.15, -0.1) is 0 Å². The molecule has 1 amide bonds. The summed E-state index contributed by atoms with van der Waals surface area (Å²) in [6, 6.07) is 4.02. The SMILES string of the molecule is CC(C)CNCc1cccnc1N1CCNC(=O)C1. The second-order valence-electron chi connectivity index (χ2n) is 5.28. The van der Waals surface area contributed by atoms with E-state index in [2.05, 4.69) is 35.5 Å². The van der Waals surface area contributed by atoms with Crippen molar-refractivity contribution in [3.05, 3.63) is 23.9 Å². The molecule has 2 N–H and O–H groups in total. The van der Waals surface area contributed by atoms with Gasteiger partial charge in [0.25, 0.3) is 0 Å². The van der Waals surface area contributed by atoms with E-state index in [4.69, 9.17) is 0 Å². The van der Waals surface area contributed by atoms with Crippen LogP contribution in [0.2, 0.25) is 0 Å². The smallest absolute Gasteiger partial charge is 0.239 e. The molecule has 1 aliphatic heterocycles. The number of hydrogen-bond donors (Lipinski definition) is 2. The van der Waals surface area contributed by atoms with Gasteiger partial charge in [0, 0.05) is 31.4 Å². The van der Waals surface area contributed by atoms with Crippen molar-refractivity contribution in [1.82, 2.24) is 15.6 Å². The monoisotopic (exact) mass is 262 g/mol. The lowest BCUT2D eigenvalue weighted by Crippen LogP contribution is -2.48. The van der Waals surface area contributed by atoms with Crippen LogP contribution in [0.4, 0.5) is 5.82 Å². The van der Waals surface area contributed by atoms with Gasteiger partial charge in [0.2, 0.25) is 5.91 Å². The normalized spacial score (nSPS) is 15.7. The summed E-state index contributed by atoms with van der Waals surface area (Å²) >= 11 is 0. The van der Waals surface area contributed by atoms with E-state index >= 15 is 0 Å². The molecular formula is C14H22N4O. The van der Waals surface area contributed by atoms with Crippen molar-refractivity contribution in [1.29, 1.82) is 0 Å². The Kier molecular flexibility index (Phi) is 4.74. The highest BCUT2D eigenvalue weighted by molar-refractivity contribution is 5.82. The van der Waals surface area contributed by atoms with Crippen LogP contribution in [0.5, 0.6) is 0 Å². The minimum atomic E-state index is 0.0676. The predicted molar refractivity (Wildman–Crippen MR) is 76.0 cm³/mol. The predicted octanol–water partition coefficient (Wildman–Crippen LogP) is 0.763. The molecule has 19 heavy (non-hydrogen) atoms. The second-order valence-corrected chi connectivity index (χ2v) is 5.28. The first kappa shape index (κ1) is 13.8. The number of nitrogens with one attached hydrogen (secondary N) is 2. The first-order valence-electron chi connectivity index (χ1n) is 6.83. The van der Waals surface area contributed by atoms with E-state index in [0.717, 1.165) is 31.0 Å². The van der Waals surface area contributed by atoms with E-state index in [0.29, 0.717) is 19.0 Å². The number of carbonyl (C=O) groups is 1. The maximum absolute atomic E-state index is 11.5. The highest BCUT2D eigenvalue weighted by Crippen LogP contribution is 2.17. The van der Waals surface area contributed by atoms with Crippen LogP contribution in [-0.4, -0.2) is 37.1 Å². The Balaban J connectivity index is 2.04. The van der Waals surface area contributed by atoms with Crippen molar-refractivity contribution in [2.45, 2.75) is 20.4 Å². The van der Waals surface area contributed by atoms with Crippen LogP contribution in [0.1, 0.15) is 19.4 Å². The van der Waals surface area contributed by atoms with Gasteiger partial charge in [0.1, 0.15) is 5.82 Å². The number of anilines is 1. The first-order chi connectivity index (χ1) is 9.16. The quantitative estimate of drug-likeness (QED) is 0.823. The Labute approximate surface area is 114 Å².